The lowest BCUT2D eigenvalue weighted by molar-refractivity contribution is 0.206. The van der Waals surface area contributed by atoms with E-state index in [0.29, 0.717) is 6.04 Å². The Balaban J connectivity index is 2.15. The first-order chi connectivity index (χ1) is 6.88. The first kappa shape index (κ1) is 9.69. The van der Waals surface area contributed by atoms with Gasteiger partial charge < -0.3 is 0 Å². The third-order valence-electron chi connectivity index (χ3n) is 2.98. The van der Waals surface area contributed by atoms with Crippen LogP contribution in [0.15, 0.2) is 30.3 Å². The number of hydrogen-bond donors (Lipinski definition) is 1. The molecule has 1 saturated heterocycles. The largest absolute Gasteiger partial charge is 0.268 e. The van der Waals surface area contributed by atoms with E-state index < -0.39 is 0 Å². The van der Waals surface area contributed by atoms with E-state index in [1.807, 2.05) is 5.01 Å². The van der Waals surface area contributed by atoms with Crippen LogP contribution >= 0.6 is 0 Å². The fourth-order valence-corrected chi connectivity index (χ4v) is 2.16. The smallest absolute Gasteiger partial charge is 0.0490 e. The molecule has 1 aliphatic heterocycles. The average Bonchev–Trinajstić information content (AvgIpc) is 2.44. The maximum atomic E-state index is 6.04. The molecule has 2 N–H and O–H groups in total. The van der Waals surface area contributed by atoms with Gasteiger partial charge in [-0.25, -0.2) is 5.01 Å². The highest BCUT2D eigenvalue weighted by molar-refractivity contribution is 5.18. The summed E-state index contributed by atoms with van der Waals surface area (Å²) in [5.74, 6) is 6.04. The standard InChI is InChI=1S/C12H18N2/c13-14-10-6-2-5-9-12(14)11-7-3-1-4-8-11/h1,3-4,7-8,12H,2,5-6,9-10,13H2. The Morgan fingerprint density at radius 3 is 2.64 bits per heavy atom. The third-order valence-corrected chi connectivity index (χ3v) is 2.98. The second kappa shape index (κ2) is 4.58. The number of hydrogen-bond acceptors (Lipinski definition) is 2. The minimum absolute atomic E-state index is 0.429. The van der Waals surface area contributed by atoms with Gasteiger partial charge in [0.1, 0.15) is 0 Å². The third kappa shape index (κ3) is 2.14. The summed E-state index contributed by atoms with van der Waals surface area (Å²) in [4.78, 5) is 0. The van der Waals surface area contributed by atoms with E-state index in [9.17, 15) is 0 Å². The minimum atomic E-state index is 0.429. The van der Waals surface area contributed by atoms with E-state index in [4.69, 9.17) is 5.84 Å². The summed E-state index contributed by atoms with van der Waals surface area (Å²) in [6.07, 6.45) is 5.05. The van der Waals surface area contributed by atoms with Crippen LogP contribution in [0.3, 0.4) is 0 Å². The summed E-state index contributed by atoms with van der Waals surface area (Å²) in [6, 6.07) is 11.0. The number of nitrogens with two attached hydrogens (primary N) is 1. The monoisotopic (exact) mass is 190 g/mol. The molecule has 1 aliphatic rings. The maximum absolute atomic E-state index is 6.04. The molecule has 1 aromatic carbocycles. The Morgan fingerprint density at radius 2 is 1.86 bits per heavy atom. The number of nitrogens with zero attached hydrogens (tertiary/aromatic N) is 1. The highest BCUT2D eigenvalue weighted by atomic mass is 15.4. The highest BCUT2D eigenvalue weighted by Gasteiger charge is 2.19. The lowest BCUT2D eigenvalue weighted by Gasteiger charge is -2.25. The molecule has 0 radical (unpaired) electrons. The van der Waals surface area contributed by atoms with Gasteiger partial charge in [-0.2, -0.15) is 0 Å². The van der Waals surface area contributed by atoms with Crippen molar-refractivity contribution in [3.05, 3.63) is 35.9 Å². The first-order valence-electron chi connectivity index (χ1n) is 5.44. The molecular formula is C12H18N2. The lowest BCUT2D eigenvalue weighted by atomic mass is 10.0. The van der Waals surface area contributed by atoms with E-state index in [0.717, 1.165) is 6.54 Å². The average molecular weight is 190 g/mol. The topological polar surface area (TPSA) is 29.3 Å². The van der Waals surface area contributed by atoms with Crippen LogP contribution in [0.5, 0.6) is 0 Å². The van der Waals surface area contributed by atoms with E-state index in [1.165, 1.54) is 31.2 Å². The fraction of sp³-hybridized carbons (Fsp3) is 0.500. The zero-order chi connectivity index (χ0) is 9.80. The molecule has 0 saturated carbocycles. The van der Waals surface area contributed by atoms with Gasteiger partial charge in [0.2, 0.25) is 0 Å². The van der Waals surface area contributed by atoms with Crippen molar-refractivity contribution in [2.75, 3.05) is 6.54 Å². The van der Waals surface area contributed by atoms with Gasteiger partial charge in [0.15, 0.2) is 0 Å². The lowest BCUT2D eigenvalue weighted by Crippen LogP contribution is -2.34. The molecule has 2 heteroatoms. The van der Waals surface area contributed by atoms with Gasteiger partial charge in [-0.1, -0.05) is 43.2 Å². The maximum Gasteiger partial charge on any atom is 0.0490 e. The van der Waals surface area contributed by atoms with E-state index in [-0.39, 0.29) is 0 Å². The Kier molecular flexibility index (Phi) is 3.17. The predicted molar refractivity (Wildman–Crippen MR) is 58.5 cm³/mol. The van der Waals surface area contributed by atoms with E-state index in [1.54, 1.807) is 0 Å². The Hall–Kier alpha value is -0.860. The summed E-state index contributed by atoms with van der Waals surface area (Å²) in [5.41, 5.74) is 1.36. The summed E-state index contributed by atoms with van der Waals surface area (Å²) in [6.45, 7) is 1.03. The van der Waals surface area contributed by atoms with Crippen LogP contribution in [-0.4, -0.2) is 11.6 Å². The Bertz CT molecular complexity index is 271. The van der Waals surface area contributed by atoms with Crippen molar-refractivity contribution in [1.82, 2.24) is 5.01 Å². The van der Waals surface area contributed by atoms with Gasteiger partial charge in [-0.05, 0) is 18.4 Å². The molecule has 0 bridgehead atoms. The van der Waals surface area contributed by atoms with Crippen LogP contribution in [-0.2, 0) is 0 Å². The van der Waals surface area contributed by atoms with Gasteiger partial charge in [-0.3, -0.25) is 5.84 Å². The minimum Gasteiger partial charge on any atom is -0.268 e. The van der Waals surface area contributed by atoms with E-state index in [2.05, 4.69) is 30.3 Å². The van der Waals surface area contributed by atoms with E-state index >= 15 is 0 Å². The summed E-state index contributed by atoms with van der Waals surface area (Å²) in [5, 5.41) is 2.00. The Labute approximate surface area is 85.7 Å². The SMILES string of the molecule is NN1CCCCCC1c1ccccc1. The molecular weight excluding hydrogens is 172 g/mol. The number of benzene rings is 1. The van der Waals surface area contributed by atoms with Gasteiger partial charge in [0, 0.05) is 12.6 Å². The second-order valence-corrected chi connectivity index (χ2v) is 4.01. The van der Waals surface area contributed by atoms with Crippen molar-refractivity contribution < 1.29 is 0 Å². The van der Waals surface area contributed by atoms with Crippen LogP contribution < -0.4 is 5.84 Å². The van der Waals surface area contributed by atoms with Gasteiger partial charge >= 0.3 is 0 Å². The Morgan fingerprint density at radius 1 is 1.07 bits per heavy atom. The normalized spacial score (nSPS) is 24.5. The molecule has 0 aliphatic carbocycles. The quantitative estimate of drug-likeness (QED) is 0.689. The molecule has 76 valence electrons. The molecule has 0 spiro atoms. The molecule has 1 atom stereocenters. The van der Waals surface area contributed by atoms with Crippen LogP contribution in [0.4, 0.5) is 0 Å². The zero-order valence-corrected chi connectivity index (χ0v) is 8.52. The summed E-state index contributed by atoms with van der Waals surface area (Å²) < 4.78 is 0. The molecule has 2 nitrogen and oxygen atoms in total. The van der Waals surface area contributed by atoms with Crippen molar-refractivity contribution in [2.24, 2.45) is 5.84 Å². The van der Waals surface area contributed by atoms with Crippen molar-refractivity contribution in [3.63, 3.8) is 0 Å². The van der Waals surface area contributed by atoms with Crippen LogP contribution in [0.2, 0.25) is 0 Å². The molecule has 1 aromatic rings. The van der Waals surface area contributed by atoms with Gasteiger partial charge in [0.05, 0.1) is 0 Å². The van der Waals surface area contributed by atoms with Crippen LogP contribution in [0.1, 0.15) is 37.3 Å². The van der Waals surface area contributed by atoms with Gasteiger partial charge in [-0.15, -0.1) is 0 Å². The zero-order valence-electron chi connectivity index (χ0n) is 8.52. The summed E-state index contributed by atoms with van der Waals surface area (Å²) >= 11 is 0. The molecule has 1 fully saturated rings. The first-order valence-corrected chi connectivity index (χ1v) is 5.44. The molecule has 2 rings (SSSR count). The van der Waals surface area contributed by atoms with Gasteiger partial charge in [0.25, 0.3) is 0 Å². The molecule has 0 amide bonds. The van der Waals surface area contributed by atoms with Crippen LogP contribution in [0, 0.1) is 0 Å². The van der Waals surface area contributed by atoms with Crippen molar-refractivity contribution in [3.8, 4) is 0 Å². The second-order valence-electron chi connectivity index (χ2n) is 4.01. The summed E-state index contributed by atoms with van der Waals surface area (Å²) in [7, 11) is 0. The number of rotatable bonds is 1. The van der Waals surface area contributed by atoms with Crippen molar-refractivity contribution in [2.45, 2.75) is 31.7 Å². The fourth-order valence-electron chi connectivity index (χ4n) is 2.16. The van der Waals surface area contributed by atoms with Crippen molar-refractivity contribution in [1.29, 1.82) is 0 Å². The van der Waals surface area contributed by atoms with Crippen LogP contribution in [0.25, 0.3) is 0 Å². The molecule has 1 heterocycles. The highest BCUT2D eigenvalue weighted by Crippen LogP contribution is 2.27. The predicted octanol–water partition coefficient (Wildman–Crippen LogP) is 2.48. The number of hydrazine groups is 1. The molecule has 14 heavy (non-hydrogen) atoms. The molecule has 0 aromatic heterocycles. The molecule has 1 unspecified atom stereocenters. The van der Waals surface area contributed by atoms with Crippen molar-refractivity contribution >= 4 is 0 Å².